The van der Waals surface area contributed by atoms with Crippen molar-refractivity contribution >= 4 is 11.6 Å². The van der Waals surface area contributed by atoms with E-state index in [-0.39, 0.29) is 16.8 Å². The first-order valence-corrected chi connectivity index (χ1v) is 6.03. The molecule has 0 spiro atoms. The number of hydrogen-bond donors (Lipinski definition) is 1. The van der Waals surface area contributed by atoms with Crippen molar-refractivity contribution in [2.75, 3.05) is 20.3 Å². The van der Waals surface area contributed by atoms with Gasteiger partial charge in [-0.25, -0.2) is 4.39 Å². The van der Waals surface area contributed by atoms with Crippen LogP contribution in [-0.2, 0) is 10.2 Å². The van der Waals surface area contributed by atoms with Gasteiger partial charge >= 0.3 is 0 Å². The Bertz CT molecular complexity index is 429. The summed E-state index contributed by atoms with van der Waals surface area (Å²) in [5.41, 5.74) is 0.0311. The normalized spacial score (nSPS) is 18.9. The Balaban J connectivity index is 2.52. The summed E-state index contributed by atoms with van der Waals surface area (Å²) in [6.07, 6.45) is 0. The lowest BCUT2D eigenvalue weighted by molar-refractivity contribution is -0.101. The molecule has 94 valence electrons. The minimum Gasteiger partial charge on any atom is -0.379 e. The molecule has 17 heavy (non-hydrogen) atoms. The Labute approximate surface area is 106 Å². The zero-order chi connectivity index (χ0) is 12.7. The molecule has 0 unspecified atom stereocenters. The van der Waals surface area contributed by atoms with Crippen LogP contribution in [0, 0.1) is 5.82 Å². The molecule has 2 nitrogen and oxygen atoms in total. The van der Waals surface area contributed by atoms with E-state index in [1.54, 1.807) is 12.1 Å². The van der Waals surface area contributed by atoms with E-state index in [9.17, 15) is 4.39 Å². The molecule has 1 aliphatic rings. The lowest BCUT2D eigenvalue weighted by Gasteiger charge is -2.52. The highest BCUT2D eigenvalue weighted by molar-refractivity contribution is 6.30. The largest absolute Gasteiger partial charge is 0.379 e. The predicted molar refractivity (Wildman–Crippen MR) is 67.0 cm³/mol. The van der Waals surface area contributed by atoms with Gasteiger partial charge in [0.2, 0.25) is 0 Å². The van der Waals surface area contributed by atoms with E-state index < -0.39 is 0 Å². The van der Waals surface area contributed by atoms with Crippen LogP contribution in [0.15, 0.2) is 18.2 Å². The maximum absolute atomic E-state index is 14.0. The molecule has 0 saturated carbocycles. The summed E-state index contributed by atoms with van der Waals surface area (Å²) < 4.78 is 19.3. The molecule has 4 heteroatoms. The van der Waals surface area contributed by atoms with Gasteiger partial charge < -0.3 is 10.1 Å². The number of nitrogens with one attached hydrogen (secondary N) is 1. The van der Waals surface area contributed by atoms with E-state index in [1.807, 2.05) is 7.05 Å². The third kappa shape index (κ3) is 1.86. The van der Waals surface area contributed by atoms with E-state index >= 15 is 0 Å². The summed E-state index contributed by atoms with van der Waals surface area (Å²) in [6.45, 7) is 5.13. The highest BCUT2D eigenvalue weighted by Gasteiger charge is 2.52. The molecule has 1 aromatic carbocycles. The minimum atomic E-state index is -0.350. The van der Waals surface area contributed by atoms with E-state index in [2.05, 4.69) is 19.2 Å². The van der Waals surface area contributed by atoms with E-state index in [4.69, 9.17) is 16.3 Å². The van der Waals surface area contributed by atoms with E-state index in [0.717, 1.165) is 0 Å². The fourth-order valence-corrected chi connectivity index (χ4v) is 2.43. The topological polar surface area (TPSA) is 21.3 Å². The number of likely N-dealkylation sites (N-methyl/N-ethyl adjacent to an activating group) is 1. The molecule has 1 heterocycles. The van der Waals surface area contributed by atoms with Crippen LogP contribution < -0.4 is 5.32 Å². The summed E-state index contributed by atoms with van der Waals surface area (Å²) in [4.78, 5) is 0. The van der Waals surface area contributed by atoms with Crippen molar-refractivity contribution in [2.24, 2.45) is 0 Å². The van der Waals surface area contributed by atoms with Gasteiger partial charge in [0.25, 0.3) is 0 Å². The summed E-state index contributed by atoms with van der Waals surface area (Å²) in [5, 5.41) is 3.79. The summed E-state index contributed by atoms with van der Waals surface area (Å²) in [7, 11) is 1.88. The van der Waals surface area contributed by atoms with Crippen LogP contribution in [-0.4, -0.2) is 25.8 Å². The van der Waals surface area contributed by atoms with Crippen LogP contribution in [0.5, 0.6) is 0 Å². The first kappa shape index (κ1) is 12.8. The summed E-state index contributed by atoms with van der Waals surface area (Å²) in [5.74, 6) is -0.221. The molecule has 1 saturated heterocycles. The molecule has 0 aromatic heterocycles. The Morgan fingerprint density at radius 2 is 2.06 bits per heavy atom. The highest BCUT2D eigenvalue weighted by atomic mass is 35.5. The predicted octanol–water partition coefficient (Wildman–Crippen LogP) is 2.75. The van der Waals surface area contributed by atoms with Crippen LogP contribution in [0.1, 0.15) is 19.4 Å². The third-order valence-corrected chi connectivity index (χ3v) is 4.20. The van der Waals surface area contributed by atoms with Gasteiger partial charge in [-0.3, -0.25) is 0 Å². The molecule has 2 rings (SSSR count). The van der Waals surface area contributed by atoms with Gasteiger partial charge in [0.1, 0.15) is 5.82 Å². The standard InChI is InChI=1S/C13H17ClFNO/c1-12(2,16-3)13(7-17-8-13)10-6-9(14)4-5-11(10)15/h4-6,16H,7-8H2,1-3H3. The lowest BCUT2D eigenvalue weighted by Crippen LogP contribution is -2.66. The molecule has 1 aliphatic heterocycles. The van der Waals surface area contributed by atoms with Crippen LogP contribution in [0.4, 0.5) is 4.39 Å². The number of ether oxygens (including phenoxy) is 1. The average molecular weight is 258 g/mol. The fraction of sp³-hybridized carbons (Fsp3) is 0.538. The average Bonchev–Trinajstić information content (AvgIpc) is 2.21. The smallest absolute Gasteiger partial charge is 0.127 e. The van der Waals surface area contributed by atoms with E-state index in [1.165, 1.54) is 6.07 Å². The number of halogens is 2. The van der Waals surface area contributed by atoms with Crippen molar-refractivity contribution in [3.8, 4) is 0 Å². The molecule has 1 N–H and O–H groups in total. The van der Waals surface area contributed by atoms with Crippen molar-refractivity contribution in [1.82, 2.24) is 5.32 Å². The Hall–Kier alpha value is -0.640. The van der Waals surface area contributed by atoms with Gasteiger partial charge in [0, 0.05) is 16.1 Å². The maximum atomic E-state index is 14.0. The van der Waals surface area contributed by atoms with Crippen molar-refractivity contribution in [3.05, 3.63) is 34.6 Å². The van der Waals surface area contributed by atoms with Gasteiger partial charge in [0.15, 0.2) is 0 Å². The molecule has 1 aromatic rings. The van der Waals surface area contributed by atoms with Crippen LogP contribution in [0.25, 0.3) is 0 Å². The van der Waals surface area contributed by atoms with Gasteiger partial charge in [-0.05, 0) is 39.1 Å². The fourth-order valence-electron chi connectivity index (χ4n) is 2.26. The molecular formula is C13H17ClFNO. The molecule has 0 amide bonds. The third-order valence-electron chi connectivity index (χ3n) is 3.96. The monoisotopic (exact) mass is 257 g/mol. The summed E-state index contributed by atoms with van der Waals surface area (Å²) >= 11 is 5.97. The number of rotatable bonds is 3. The van der Waals surface area contributed by atoms with Crippen molar-refractivity contribution in [2.45, 2.75) is 24.8 Å². The zero-order valence-corrected chi connectivity index (χ0v) is 11.1. The molecule has 0 bridgehead atoms. The van der Waals surface area contributed by atoms with Crippen LogP contribution >= 0.6 is 11.6 Å². The second kappa shape index (κ2) is 4.23. The van der Waals surface area contributed by atoms with Gasteiger partial charge in [0.05, 0.1) is 18.6 Å². The molecule has 1 fully saturated rings. The molecular weight excluding hydrogens is 241 g/mol. The quantitative estimate of drug-likeness (QED) is 0.899. The second-order valence-electron chi connectivity index (χ2n) is 5.07. The first-order valence-electron chi connectivity index (χ1n) is 5.65. The SMILES string of the molecule is CNC(C)(C)C1(c2cc(Cl)ccc2F)COC1. The number of hydrogen-bond acceptors (Lipinski definition) is 2. The Morgan fingerprint density at radius 3 is 2.53 bits per heavy atom. The zero-order valence-electron chi connectivity index (χ0n) is 10.3. The second-order valence-corrected chi connectivity index (χ2v) is 5.51. The molecule has 0 aliphatic carbocycles. The Morgan fingerprint density at radius 1 is 1.41 bits per heavy atom. The number of benzene rings is 1. The molecule has 0 atom stereocenters. The van der Waals surface area contributed by atoms with Crippen molar-refractivity contribution < 1.29 is 9.13 Å². The van der Waals surface area contributed by atoms with Gasteiger partial charge in [-0.2, -0.15) is 0 Å². The lowest BCUT2D eigenvalue weighted by atomic mass is 9.65. The summed E-state index contributed by atoms with van der Waals surface area (Å²) in [6, 6.07) is 4.70. The van der Waals surface area contributed by atoms with Crippen molar-refractivity contribution in [1.29, 1.82) is 0 Å². The van der Waals surface area contributed by atoms with Gasteiger partial charge in [-0.15, -0.1) is 0 Å². The first-order chi connectivity index (χ1) is 7.93. The minimum absolute atomic E-state index is 0.221. The highest BCUT2D eigenvalue weighted by Crippen LogP contribution is 2.43. The Kier molecular flexibility index (Phi) is 3.19. The van der Waals surface area contributed by atoms with Crippen LogP contribution in [0.3, 0.4) is 0 Å². The van der Waals surface area contributed by atoms with Gasteiger partial charge in [-0.1, -0.05) is 11.6 Å². The van der Waals surface area contributed by atoms with Crippen molar-refractivity contribution in [3.63, 3.8) is 0 Å². The maximum Gasteiger partial charge on any atom is 0.127 e. The molecule has 0 radical (unpaired) electrons. The van der Waals surface area contributed by atoms with E-state index in [0.29, 0.717) is 23.8 Å². The van der Waals surface area contributed by atoms with Crippen LogP contribution in [0.2, 0.25) is 5.02 Å².